The second-order valence-electron chi connectivity index (χ2n) is 4.49. The third-order valence-corrected chi connectivity index (χ3v) is 3.21. The molecule has 0 bridgehead atoms. The SMILES string of the molecule is CCCCCCN1C=CC(C)=C(CC)C1. The van der Waals surface area contributed by atoms with Gasteiger partial charge in [-0.2, -0.15) is 0 Å². The molecule has 0 spiro atoms. The van der Waals surface area contributed by atoms with Crippen LogP contribution in [-0.4, -0.2) is 18.0 Å². The molecule has 15 heavy (non-hydrogen) atoms. The smallest absolute Gasteiger partial charge is 0.0388 e. The zero-order valence-corrected chi connectivity index (χ0v) is 10.6. The Balaban J connectivity index is 2.27. The van der Waals surface area contributed by atoms with Crippen LogP contribution in [0, 0.1) is 0 Å². The summed E-state index contributed by atoms with van der Waals surface area (Å²) in [6, 6.07) is 0. The van der Waals surface area contributed by atoms with Gasteiger partial charge in [0.1, 0.15) is 0 Å². The molecule has 0 fully saturated rings. The minimum absolute atomic E-state index is 1.16. The molecule has 0 saturated heterocycles. The van der Waals surface area contributed by atoms with Gasteiger partial charge >= 0.3 is 0 Å². The summed E-state index contributed by atoms with van der Waals surface area (Å²) in [6.45, 7) is 9.14. The molecule has 1 aliphatic rings. The monoisotopic (exact) mass is 207 g/mol. The topological polar surface area (TPSA) is 3.24 Å². The van der Waals surface area contributed by atoms with E-state index < -0.39 is 0 Å². The molecule has 0 amide bonds. The number of hydrogen-bond donors (Lipinski definition) is 0. The second kappa shape index (κ2) is 6.71. The van der Waals surface area contributed by atoms with Crippen molar-refractivity contribution in [1.82, 2.24) is 4.90 Å². The van der Waals surface area contributed by atoms with Crippen molar-refractivity contribution in [3.05, 3.63) is 23.4 Å². The Bertz CT molecular complexity index is 238. The summed E-state index contributed by atoms with van der Waals surface area (Å²) in [5, 5.41) is 0. The van der Waals surface area contributed by atoms with Crippen LogP contribution in [-0.2, 0) is 0 Å². The minimum atomic E-state index is 1.16. The fourth-order valence-electron chi connectivity index (χ4n) is 2.04. The average molecular weight is 207 g/mol. The molecular formula is C14H25N. The van der Waals surface area contributed by atoms with Crippen LogP contribution < -0.4 is 0 Å². The largest absolute Gasteiger partial charge is 0.373 e. The molecule has 0 aliphatic carbocycles. The molecule has 1 rings (SSSR count). The Kier molecular flexibility index (Phi) is 5.52. The summed E-state index contributed by atoms with van der Waals surface area (Å²) in [5.74, 6) is 0. The number of nitrogens with zero attached hydrogens (tertiary/aromatic N) is 1. The lowest BCUT2D eigenvalue weighted by Gasteiger charge is -2.26. The Morgan fingerprint density at radius 3 is 2.67 bits per heavy atom. The van der Waals surface area contributed by atoms with Crippen LogP contribution in [0.5, 0.6) is 0 Å². The lowest BCUT2D eigenvalue weighted by molar-refractivity contribution is 0.380. The minimum Gasteiger partial charge on any atom is -0.373 e. The molecule has 1 heteroatoms. The fourth-order valence-corrected chi connectivity index (χ4v) is 2.04. The van der Waals surface area contributed by atoms with E-state index in [1.54, 1.807) is 5.57 Å². The predicted octanol–water partition coefficient (Wildman–Crippen LogP) is 4.12. The highest BCUT2D eigenvalue weighted by Gasteiger charge is 2.08. The highest BCUT2D eigenvalue weighted by atomic mass is 15.1. The van der Waals surface area contributed by atoms with Gasteiger partial charge in [-0.25, -0.2) is 0 Å². The first-order valence-corrected chi connectivity index (χ1v) is 6.38. The van der Waals surface area contributed by atoms with Gasteiger partial charge in [0, 0.05) is 13.1 Å². The standard InChI is InChI=1S/C14H25N/c1-4-6-7-8-10-15-11-9-13(3)14(5-2)12-15/h9,11H,4-8,10,12H2,1-3H3. The van der Waals surface area contributed by atoms with E-state index in [4.69, 9.17) is 0 Å². The van der Waals surface area contributed by atoms with Crippen LogP contribution in [0.3, 0.4) is 0 Å². The fraction of sp³-hybridized carbons (Fsp3) is 0.714. The highest BCUT2D eigenvalue weighted by molar-refractivity contribution is 5.28. The van der Waals surface area contributed by atoms with E-state index in [1.165, 1.54) is 44.2 Å². The first kappa shape index (κ1) is 12.4. The Labute approximate surface area is 94.9 Å². The maximum atomic E-state index is 2.46. The summed E-state index contributed by atoms with van der Waals surface area (Å²) in [7, 11) is 0. The lowest BCUT2D eigenvalue weighted by atomic mass is 10.0. The number of unbranched alkanes of at least 4 members (excludes halogenated alkanes) is 3. The first-order valence-electron chi connectivity index (χ1n) is 6.38. The maximum absolute atomic E-state index is 2.46. The van der Waals surface area contributed by atoms with Gasteiger partial charge in [-0.1, -0.05) is 33.1 Å². The molecule has 0 unspecified atom stereocenters. The van der Waals surface area contributed by atoms with E-state index in [-0.39, 0.29) is 0 Å². The van der Waals surface area contributed by atoms with E-state index in [0.717, 1.165) is 6.54 Å². The molecule has 0 atom stereocenters. The molecule has 0 aromatic rings. The Hall–Kier alpha value is -0.720. The molecule has 0 aromatic heterocycles. The van der Waals surface area contributed by atoms with E-state index in [0.29, 0.717) is 0 Å². The van der Waals surface area contributed by atoms with Crippen molar-refractivity contribution in [3.8, 4) is 0 Å². The van der Waals surface area contributed by atoms with Crippen molar-refractivity contribution >= 4 is 0 Å². The molecule has 1 nitrogen and oxygen atoms in total. The Morgan fingerprint density at radius 2 is 2.00 bits per heavy atom. The van der Waals surface area contributed by atoms with Crippen molar-refractivity contribution in [2.45, 2.75) is 52.9 Å². The Morgan fingerprint density at radius 1 is 1.20 bits per heavy atom. The van der Waals surface area contributed by atoms with Crippen LogP contribution in [0.25, 0.3) is 0 Å². The van der Waals surface area contributed by atoms with E-state index in [1.807, 2.05) is 0 Å². The molecule has 0 radical (unpaired) electrons. The normalized spacial score (nSPS) is 16.3. The van der Waals surface area contributed by atoms with Crippen LogP contribution in [0.2, 0.25) is 0 Å². The zero-order chi connectivity index (χ0) is 11.1. The van der Waals surface area contributed by atoms with Gasteiger partial charge in [-0.3, -0.25) is 0 Å². The zero-order valence-electron chi connectivity index (χ0n) is 10.6. The van der Waals surface area contributed by atoms with Crippen LogP contribution in [0.15, 0.2) is 23.4 Å². The summed E-state index contributed by atoms with van der Waals surface area (Å²) >= 11 is 0. The summed E-state index contributed by atoms with van der Waals surface area (Å²) < 4.78 is 0. The van der Waals surface area contributed by atoms with Gasteiger partial charge in [0.25, 0.3) is 0 Å². The molecule has 0 aromatic carbocycles. The third-order valence-electron chi connectivity index (χ3n) is 3.21. The molecule has 86 valence electrons. The van der Waals surface area contributed by atoms with Crippen LogP contribution in [0.4, 0.5) is 0 Å². The lowest BCUT2D eigenvalue weighted by Crippen LogP contribution is -2.24. The van der Waals surface area contributed by atoms with Crippen LogP contribution >= 0.6 is 0 Å². The van der Waals surface area contributed by atoms with E-state index in [2.05, 4.69) is 37.9 Å². The van der Waals surface area contributed by atoms with Gasteiger partial charge in [-0.15, -0.1) is 0 Å². The van der Waals surface area contributed by atoms with E-state index in [9.17, 15) is 0 Å². The predicted molar refractivity (Wildman–Crippen MR) is 67.8 cm³/mol. The van der Waals surface area contributed by atoms with Gasteiger partial charge in [-0.05, 0) is 43.2 Å². The third kappa shape index (κ3) is 4.11. The second-order valence-corrected chi connectivity index (χ2v) is 4.49. The average Bonchev–Trinajstić information content (AvgIpc) is 2.26. The van der Waals surface area contributed by atoms with Crippen molar-refractivity contribution < 1.29 is 0 Å². The van der Waals surface area contributed by atoms with Gasteiger partial charge in [0.05, 0.1) is 0 Å². The highest BCUT2D eigenvalue weighted by Crippen LogP contribution is 2.17. The molecule has 0 saturated carbocycles. The number of hydrogen-bond acceptors (Lipinski definition) is 1. The van der Waals surface area contributed by atoms with Crippen molar-refractivity contribution in [3.63, 3.8) is 0 Å². The summed E-state index contributed by atoms with van der Waals surface area (Å²) in [4.78, 5) is 2.46. The first-order chi connectivity index (χ1) is 7.27. The van der Waals surface area contributed by atoms with E-state index >= 15 is 0 Å². The number of allylic oxidation sites excluding steroid dienone is 2. The van der Waals surface area contributed by atoms with Gasteiger partial charge in [0.2, 0.25) is 0 Å². The van der Waals surface area contributed by atoms with Crippen LogP contribution in [0.1, 0.15) is 52.9 Å². The molecular weight excluding hydrogens is 182 g/mol. The summed E-state index contributed by atoms with van der Waals surface area (Å²) in [6.07, 6.45) is 11.2. The summed E-state index contributed by atoms with van der Waals surface area (Å²) in [5.41, 5.74) is 3.08. The van der Waals surface area contributed by atoms with Crippen molar-refractivity contribution in [2.75, 3.05) is 13.1 Å². The van der Waals surface area contributed by atoms with Crippen molar-refractivity contribution in [1.29, 1.82) is 0 Å². The van der Waals surface area contributed by atoms with Gasteiger partial charge < -0.3 is 4.90 Å². The molecule has 0 N–H and O–H groups in total. The molecule has 1 aliphatic heterocycles. The quantitative estimate of drug-likeness (QED) is 0.592. The van der Waals surface area contributed by atoms with Crippen molar-refractivity contribution in [2.24, 2.45) is 0 Å². The molecule has 1 heterocycles. The maximum Gasteiger partial charge on any atom is 0.0388 e. The number of rotatable bonds is 6. The van der Waals surface area contributed by atoms with Gasteiger partial charge in [0.15, 0.2) is 0 Å².